The molecular weight excluding hydrogens is 487 g/mol. The van der Waals surface area contributed by atoms with E-state index in [0.29, 0.717) is 18.6 Å². The molecule has 1 aromatic rings. The number of halogens is 1. The van der Waals surface area contributed by atoms with Crippen molar-refractivity contribution in [2.75, 3.05) is 20.2 Å². The van der Waals surface area contributed by atoms with Crippen LogP contribution in [0, 0.1) is 0 Å². The molecule has 0 aliphatic heterocycles. The molecule has 0 bridgehead atoms. The molecule has 1 fully saturated rings. The van der Waals surface area contributed by atoms with E-state index in [9.17, 15) is 8.42 Å². The number of hydrogen-bond donors (Lipinski definition) is 3. The normalized spacial score (nSPS) is 16.2. The Bertz CT molecular complexity index is 658. The second-order valence-electron chi connectivity index (χ2n) is 6.10. The molecule has 7 nitrogen and oxygen atoms in total. The summed E-state index contributed by atoms with van der Waals surface area (Å²) < 4.78 is 28.6. The molecule has 0 amide bonds. The van der Waals surface area contributed by atoms with Crippen molar-refractivity contribution >= 4 is 51.3 Å². The van der Waals surface area contributed by atoms with Gasteiger partial charge in [0, 0.05) is 25.1 Å². The predicted molar refractivity (Wildman–Crippen MR) is 117 cm³/mol. The van der Waals surface area contributed by atoms with Crippen LogP contribution < -0.4 is 15.8 Å². The zero-order valence-electron chi connectivity index (χ0n) is 15.1. The van der Waals surface area contributed by atoms with Crippen molar-refractivity contribution in [3.63, 3.8) is 0 Å². The van der Waals surface area contributed by atoms with Gasteiger partial charge >= 0.3 is 0 Å². The van der Waals surface area contributed by atoms with Crippen LogP contribution in [0.5, 0.6) is 0 Å². The maximum atomic E-state index is 11.3. The molecule has 0 unspecified atom stereocenters. The van der Waals surface area contributed by atoms with Crippen LogP contribution in [0.4, 0.5) is 0 Å². The molecule has 1 heterocycles. The first-order valence-electron chi connectivity index (χ1n) is 8.66. The third kappa shape index (κ3) is 8.51. The quantitative estimate of drug-likeness (QED) is 0.213. The minimum absolute atomic E-state index is 0. The van der Waals surface area contributed by atoms with Crippen LogP contribution in [0.15, 0.2) is 21.3 Å². The Balaban J connectivity index is 0.00000338. The van der Waals surface area contributed by atoms with Gasteiger partial charge in [0.25, 0.3) is 0 Å². The summed E-state index contributed by atoms with van der Waals surface area (Å²) in [7, 11) is -1.92. The summed E-state index contributed by atoms with van der Waals surface area (Å²) in [5.74, 6) is 0.684. The van der Waals surface area contributed by atoms with E-state index in [1.165, 1.54) is 38.2 Å². The lowest BCUT2D eigenvalue weighted by molar-refractivity contribution is 0.0277. The molecule has 0 saturated heterocycles. The highest BCUT2D eigenvalue weighted by Crippen LogP contribution is 2.20. The molecule has 26 heavy (non-hydrogen) atoms. The van der Waals surface area contributed by atoms with Crippen molar-refractivity contribution in [1.29, 1.82) is 0 Å². The van der Waals surface area contributed by atoms with Crippen molar-refractivity contribution < 1.29 is 13.2 Å². The molecule has 1 aliphatic carbocycles. The number of guanidine groups is 1. The molecule has 0 spiro atoms. The summed E-state index contributed by atoms with van der Waals surface area (Å²) in [4.78, 5) is 5.04. The third-order valence-electron chi connectivity index (χ3n) is 4.09. The largest absolute Gasteiger partial charge is 0.378 e. The number of aliphatic imine (C=N–C) groups is 1. The van der Waals surface area contributed by atoms with Gasteiger partial charge in [0.15, 0.2) is 5.96 Å². The first-order chi connectivity index (χ1) is 12.0. The summed E-state index contributed by atoms with van der Waals surface area (Å²) in [6.45, 7) is 2.04. The fraction of sp³-hybridized carbons (Fsp3) is 0.688. The second-order valence-corrected chi connectivity index (χ2v) is 9.06. The van der Waals surface area contributed by atoms with Crippen LogP contribution in [0.25, 0.3) is 0 Å². The molecule has 0 aromatic carbocycles. The van der Waals surface area contributed by atoms with E-state index in [1.54, 1.807) is 13.1 Å². The summed E-state index contributed by atoms with van der Waals surface area (Å²) in [5.41, 5.74) is 0. The van der Waals surface area contributed by atoms with Crippen LogP contribution in [0.3, 0.4) is 0 Å². The average molecular weight is 516 g/mol. The first kappa shape index (κ1) is 23.6. The molecule has 1 aromatic heterocycles. The number of hydrogen-bond acceptors (Lipinski definition) is 5. The number of thiophene rings is 1. The number of nitrogens with zero attached hydrogens (tertiary/aromatic N) is 1. The van der Waals surface area contributed by atoms with Crippen LogP contribution in [-0.2, 0) is 21.3 Å². The smallest absolute Gasteiger partial charge is 0.247 e. The lowest BCUT2D eigenvalue weighted by atomic mass is 9.98. The number of nitrogens with two attached hydrogens (primary N) is 1. The van der Waals surface area contributed by atoms with Crippen LogP contribution in [0.2, 0.25) is 0 Å². The maximum Gasteiger partial charge on any atom is 0.247 e. The van der Waals surface area contributed by atoms with E-state index >= 15 is 0 Å². The highest BCUT2D eigenvalue weighted by atomic mass is 127. The molecule has 10 heteroatoms. The summed E-state index contributed by atoms with van der Waals surface area (Å²) in [6, 6.07) is 3.28. The Morgan fingerprint density at radius 2 is 2.04 bits per heavy atom. The SMILES string of the molecule is CN=C(NCCCOC1CCCCC1)NCc1ccc(S(N)(=O)=O)s1.I. The van der Waals surface area contributed by atoms with Crippen LogP contribution >= 0.6 is 35.3 Å². The highest BCUT2D eigenvalue weighted by molar-refractivity contribution is 14.0. The third-order valence-corrected chi connectivity index (χ3v) is 6.61. The molecule has 150 valence electrons. The van der Waals surface area contributed by atoms with Crippen LogP contribution in [-0.4, -0.2) is 40.7 Å². The summed E-state index contributed by atoms with van der Waals surface area (Å²) in [5, 5.41) is 11.5. The summed E-state index contributed by atoms with van der Waals surface area (Å²) in [6.07, 6.45) is 7.66. The van der Waals surface area contributed by atoms with Gasteiger partial charge in [-0.15, -0.1) is 35.3 Å². The zero-order chi connectivity index (χ0) is 18.1. The van der Waals surface area contributed by atoms with Gasteiger partial charge in [-0.05, 0) is 31.4 Å². The Labute approximate surface area is 177 Å². The van der Waals surface area contributed by atoms with Crippen molar-refractivity contribution in [2.45, 2.75) is 55.4 Å². The van der Waals surface area contributed by atoms with E-state index < -0.39 is 10.0 Å². The molecule has 4 N–H and O–H groups in total. The van der Waals surface area contributed by atoms with Gasteiger partial charge in [-0.1, -0.05) is 19.3 Å². The average Bonchev–Trinajstić information content (AvgIpc) is 3.07. The molecule has 2 rings (SSSR count). The number of sulfonamides is 1. The van der Waals surface area contributed by atoms with Gasteiger partial charge in [-0.2, -0.15) is 0 Å². The minimum atomic E-state index is -3.63. The first-order valence-corrected chi connectivity index (χ1v) is 11.0. The molecular formula is C16H29IN4O3S2. The van der Waals surface area contributed by atoms with Crippen molar-refractivity contribution in [1.82, 2.24) is 10.6 Å². The molecule has 1 saturated carbocycles. The number of nitrogens with one attached hydrogen (secondary N) is 2. The highest BCUT2D eigenvalue weighted by Gasteiger charge is 2.13. The lowest BCUT2D eigenvalue weighted by Crippen LogP contribution is -2.37. The Hall–Kier alpha value is -0.430. The van der Waals surface area contributed by atoms with Gasteiger partial charge in [0.2, 0.25) is 10.0 Å². The lowest BCUT2D eigenvalue weighted by Gasteiger charge is -2.22. The topological polar surface area (TPSA) is 106 Å². The van der Waals surface area contributed by atoms with Gasteiger partial charge in [0.1, 0.15) is 4.21 Å². The van der Waals surface area contributed by atoms with Gasteiger partial charge in [-0.3, -0.25) is 4.99 Å². The second kappa shape index (κ2) is 12.1. The van der Waals surface area contributed by atoms with E-state index in [-0.39, 0.29) is 28.2 Å². The Morgan fingerprint density at radius 1 is 1.31 bits per heavy atom. The minimum Gasteiger partial charge on any atom is -0.378 e. The maximum absolute atomic E-state index is 11.3. The summed E-state index contributed by atoms with van der Waals surface area (Å²) >= 11 is 1.16. The molecule has 1 aliphatic rings. The molecule has 0 radical (unpaired) electrons. The number of primary sulfonamides is 1. The fourth-order valence-corrected chi connectivity index (χ4v) is 4.48. The van der Waals surface area contributed by atoms with E-state index in [1.807, 2.05) is 0 Å². The number of rotatable bonds is 8. The van der Waals surface area contributed by atoms with E-state index in [2.05, 4.69) is 15.6 Å². The Kier molecular flexibility index (Phi) is 11.0. The van der Waals surface area contributed by atoms with Crippen LogP contribution in [0.1, 0.15) is 43.4 Å². The van der Waals surface area contributed by atoms with E-state index in [4.69, 9.17) is 9.88 Å². The van der Waals surface area contributed by atoms with Crippen molar-refractivity contribution in [2.24, 2.45) is 10.1 Å². The zero-order valence-corrected chi connectivity index (χ0v) is 19.0. The van der Waals surface area contributed by atoms with Gasteiger partial charge < -0.3 is 15.4 Å². The van der Waals surface area contributed by atoms with Gasteiger partial charge in [0.05, 0.1) is 12.6 Å². The standard InChI is InChI=1S/C16H28N4O3S2.HI/c1-18-16(19-10-5-11-23-13-6-3-2-4-7-13)20-12-14-8-9-15(24-14)25(17,21)22;/h8-9,13H,2-7,10-12H2,1H3,(H2,17,21,22)(H2,18,19,20);1H. The monoisotopic (exact) mass is 516 g/mol. The van der Waals surface area contributed by atoms with E-state index in [0.717, 1.165) is 35.8 Å². The number of ether oxygens (including phenoxy) is 1. The van der Waals surface area contributed by atoms with Crippen molar-refractivity contribution in [3.05, 3.63) is 17.0 Å². The fourth-order valence-electron chi connectivity index (χ4n) is 2.76. The predicted octanol–water partition coefficient (Wildman–Crippen LogP) is 2.42. The Morgan fingerprint density at radius 3 is 2.65 bits per heavy atom. The molecule has 0 atom stereocenters. The van der Waals surface area contributed by atoms with Gasteiger partial charge in [-0.25, -0.2) is 13.6 Å². The van der Waals surface area contributed by atoms with Crippen molar-refractivity contribution in [3.8, 4) is 0 Å².